The highest BCUT2D eigenvalue weighted by atomic mass is 32.2. The second-order valence-electron chi connectivity index (χ2n) is 4.60. The first kappa shape index (κ1) is 14.0. The van der Waals surface area contributed by atoms with Crippen molar-refractivity contribution < 1.29 is 17.9 Å². The Morgan fingerprint density at radius 2 is 1.84 bits per heavy atom. The van der Waals surface area contributed by atoms with Crippen molar-refractivity contribution in [3.63, 3.8) is 0 Å². The van der Waals surface area contributed by atoms with Gasteiger partial charge in [0.25, 0.3) is 6.47 Å². The Morgan fingerprint density at radius 3 is 2.53 bits per heavy atom. The molecular weight excluding hydrogens is 266 g/mol. The number of hydrogen-bond acceptors (Lipinski definition) is 4. The van der Waals surface area contributed by atoms with E-state index in [-0.39, 0.29) is 17.0 Å². The van der Waals surface area contributed by atoms with Gasteiger partial charge in [-0.1, -0.05) is 24.6 Å². The monoisotopic (exact) mass is 283 g/mol. The average molecular weight is 283 g/mol. The normalized spacial score (nSPS) is 23.8. The molecule has 2 atom stereocenters. The Bertz CT molecular complexity index is 515. The molecule has 0 amide bonds. The van der Waals surface area contributed by atoms with Gasteiger partial charge in [-0.2, -0.15) is 0 Å². The summed E-state index contributed by atoms with van der Waals surface area (Å²) in [6.45, 7) is 0.389. The third-order valence-corrected chi connectivity index (χ3v) is 4.80. The van der Waals surface area contributed by atoms with Crippen LogP contribution in [-0.2, 0) is 19.6 Å². The van der Waals surface area contributed by atoms with Gasteiger partial charge in [-0.25, -0.2) is 13.1 Å². The fraction of sp³-hybridized carbons (Fsp3) is 0.462. The van der Waals surface area contributed by atoms with Crippen LogP contribution < -0.4 is 4.72 Å². The molecule has 1 N–H and O–H groups in total. The lowest BCUT2D eigenvalue weighted by atomic mass is 9.93. The summed E-state index contributed by atoms with van der Waals surface area (Å²) in [6.07, 6.45) is 2.89. The first-order valence-corrected chi connectivity index (χ1v) is 7.78. The molecule has 0 aromatic heterocycles. The molecule has 0 unspecified atom stereocenters. The van der Waals surface area contributed by atoms with Crippen LogP contribution in [0.15, 0.2) is 35.2 Å². The fourth-order valence-corrected chi connectivity index (χ4v) is 3.65. The number of benzene rings is 1. The van der Waals surface area contributed by atoms with Crippen LogP contribution >= 0.6 is 0 Å². The lowest BCUT2D eigenvalue weighted by Crippen LogP contribution is -2.46. The molecule has 104 valence electrons. The predicted molar refractivity (Wildman–Crippen MR) is 70.0 cm³/mol. The van der Waals surface area contributed by atoms with E-state index in [4.69, 9.17) is 4.74 Å². The third kappa shape index (κ3) is 3.54. The van der Waals surface area contributed by atoms with Gasteiger partial charge in [-0.3, -0.25) is 4.79 Å². The fourth-order valence-electron chi connectivity index (χ4n) is 2.33. The number of nitrogens with one attached hydrogen (secondary N) is 1. The first-order chi connectivity index (χ1) is 9.13. The maximum Gasteiger partial charge on any atom is 0.293 e. The van der Waals surface area contributed by atoms with Gasteiger partial charge in [0.15, 0.2) is 0 Å². The number of carbonyl (C=O) groups is 1. The number of rotatable bonds is 5. The minimum absolute atomic E-state index is 0.227. The van der Waals surface area contributed by atoms with E-state index in [0.717, 1.165) is 12.8 Å². The molecule has 1 aromatic carbocycles. The van der Waals surface area contributed by atoms with Crippen LogP contribution in [0, 0.1) is 0 Å². The van der Waals surface area contributed by atoms with Crippen LogP contribution in [-0.4, -0.2) is 27.0 Å². The summed E-state index contributed by atoms with van der Waals surface area (Å²) in [4.78, 5) is 10.7. The zero-order chi connectivity index (χ0) is 13.7. The largest absolute Gasteiger partial charge is 0.463 e. The van der Waals surface area contributed by atoms with Crippen LogP contribution in [0.3, 0.4) is 0 Å². The zero-order valence-corrected chi connectivity index (χ0v) is 11.3. The van der Waals surface area contributed by atoms with Crippen molar-refractivity contribution in [2.75, 3.05) is 0 Å². The van der Waals surface area contributed by atoms with Crippen molar-refractivity contribution in [3.05, 3.63) is 30.3 Å². The van der Waals surface area contributed by atoms with Crippen LogP contribution in [0.2, 0.25) is 0 Å². The highest BCUT2D eigenvalue weighted by Crippen LogP contribution is 2.22. The van der Waals surface area contributed by atoms with Gasteiger partial charge in [-0.15, -0.1) is 0 Å². The van der Waals surface area contributed by atoms with Crippen molar-refractivity contribution >= 4 is 16.5 Å². The van der Waals surface area contributed by atoms with E-state index in [1.165, 1.54) is 0 Å². The van der Waals surface area contributed by atoms with Gasteiger partial charge in [0.2, 0.25) is 10.0 Å². The van der Waals surface area contributed by atoms with Gasteiger partial charge < -0.3 is 4.74 Å². The summed E-state index contributed by atoms with van der Waals surface area (Å²) in [7, 11) is -3.56. The summed E-state index contributed by atoms with van der Waals surface area (Å²) in [5, 5.41) is 0. The quantitative estimate of drug-likeness (QED) is 0.830. The molecule has 0 bridgehead atoms. The van der Waals surface area contributed by atoms with Gasteiger partial charge in [0, 0.05) is 0 Å². The standard InChI is InChI=1S/C13H17NO4S/c15-10-18-13-9-5-4-8-12(13)14-19(16,17)11-6-2-1-3-7-11/h1-3,6-7,10,12-14H,4-5,8-9H2/t12-,13-/m0/s1. The lowest BCUT2D eigenvalue weighted by Gasteiger charge is -2.30. The van der Waals surface area contributed by atoms with E-state index in [1.54, 1.807) is 30.3 Å². The highest BCUT2D eigenvalue weighted by molar-refractivity contribution is 7.89. The summed E-state index contributed by atoms with van der Waals surface area (Å²) in [6, 6.07) is 7.85. The number of sulfonamides is 1. The average Bonchev–Trinajstić information content (AvgIpc) is 2.42. The minimum atomic E-state index is -3.56. The maximum absolute atomic E-state index is 12.2. The molecule has 0 heterocycles. The Balaban J connectivity index is 2.12. The zero-order valence-electron chi connectivity index (χ0n) is 10.5. The number of carbonyl (C=O) groups excluding carboxylic acids is 1. The molecule has 1 fully saturated rings. The van der Waals surface area contributed by atoms with E-state index in [1.807, 2.05) is 0 Å². The second-order valence-corrected chi connectivity index (χ2v) is 6.31. The summed E-state index contributed by atoms with van der Waals surface area (Å²) < 4.78 is 32.0. The van der Waals surface area contributed by atoms with Gasteiger partial charge in [0.05, 0.1) is 10.9 Å². The number of ether oxygens (including phenoxy) is 1. The Labute approximate surface area is 113 Å². The van der Waals surface area contributed by atoms with E-state index in [0.29, 0.717) is 19.3 Å². The van der Waals surface area contributed by atoms with Crippen molar-refractivity contribution in [3.8, 4) is 0 Å². The molecule has 0 radical (unpaired) electrons. The second kappa shape index (κ2) is 6.16. The Kier molecular flexibility index (Phi) is 4.55. The molecule has 2 rings (SSSR count). The first-order valence-electron chi connectivity index (χ1n) is 6.30. The van der Waals surface area contributed by atoms with Crippen LogP contribution in [0.25, 0.3) is 0 Å². The Hall–Kier alpha value is -1.40. The smallest absolute Gasteiger partial charge is 0.293 e. The molecule has 1 aliphatic rings. The van der Waals surface area contributed by atoms with Crippen molar-refractivity contribution in [2.24, 2.45) is 0 Å². The minimum Gasteiger partial charge on any atom is -0.463 e. The molecule has 19 heavy (non-hydrogen) atoms. The number of hydrogen-bond donors (Lipinski definition) is 1. The third-order valence-electron chi connectivity index (χ3n) is 3.29. The van der Waals surface area contributed by atoms with E-state index < -0.39 is 10.0 Å². The molecule has 1 aromatic rings. The maximum atomic E-state index is 12.2. The molecule has 6 heteroatoms. The molecule has 1 aliphatic carbocycles. The van der Waals surface area contributed by atoms with Crippen molar-refractivity contribution in [1.29, 1.82) is 0 Å². The molecule has 0 aliphatic heterocycles. The van der Waals surface area contributed by atoms with Gasteiger partial charge in [0.1, 0.15) is 6.10 Å². The van der Waals surface area contributed by atoms with Crippen molar-refractivity contribution in [1.82, 2.24) is 4.72 Å². The van der Waals surface area contributed by atoms with Crippen LogP contribution in [0.5, 0.6) is 0 Å². The molecule has 0 saturated heterocycles. The molecular formula is C13H17NO4S. The van der Waals surface area contributed by atoms with Crippen LogP contribution in [0.4, 0.5) is 0 Å². The van der Waals surface area contributed by atoms with E-state index >= 15 is 0 Å². The molecule has 1 saturated carbocycles. The van der Waals surface area contributed by atoms with Gasteiger partial charge in [-0.05, 0) is 31.4 Å². The topological polar surface area (TPSA) is 72.5 Å². The Morgan fingerprint density at radius 1 is 1.16 bits per heavy atom. The summed E-state index contributed by atoms with van der Waals surface area (Å²) in [5.74, 6) is 0. The van der Waals surface area contributed by atoms with Crippen molar-refractivity contribution in [2.45, 2.75) is 42.7 Å². The van der Waals surface area contributed by atoms with Crippen LogP contribution in [0.1, 0.15) is 25.7 Å². The predicted octanol–water partition coefficient (Wildman–Crippen LogP) is 1.45. The molecule has 5 nitrogen and oxygen atoms in total. The van der Waals surface area contributed by atoms with E-state index in [9.17, 15) is 13.2 Å². The van der Waals surface area contributed by atoms with E-state index in [2.05, 4.69) is 4.72 Å². The van der Waals surface area contributed by atoms with Gasteiger partial charge >= 0.3 is 0 Å². The highest BCUT2D eigenvalue weighted by Gasteiger charge is 2.30. The molecule has 0 spiro atoms. The summed E-state index contributed by atoms with van der Waals surface area (Å²) >= 11 is 0. The SMILES string of the molecule is O=CO[C@H]1CCCC[C@@H]1NS(=O)(=O)c1ccccc1. The summed E-state index contributed by atoms with van der Waals surface area (Å²) in [5.41, 5.74) is 0. The lowest BCUT2D eigenvalue weighted by molar-refractivity contribution is -0.136.